The average molecular weight is 189 g/mol. The second kappa shape index (κ2) is 3.74. The number of aryl methyl sites for hydroxylation is 2. The van der Waals surface area contributed by atoms with Crippen molar-refractivity contribution in [2.24, 2.45) is 0 Å². The van der Waals surface area contributed by atoms with E-state index in [1.54, 1.807) is 0 Å². The fraction of sp³-hybridized carbons (Fsp3) is 0.538. The normalized spacial score (nSPS) is 26.8. The molecule has 0 bridgehead atoms. The molecule has 0 radical (unpaired) electrons. The van der Waals surface area contributed by atoms with Gasteiger partial charge in [0.1, 0.15) is 0 Å². The van der Waals surface area contributed by atoms with Crippen LogP contribution in [-0.2, 0) is 0 Å². The lowest BCUT2D eigenvalue weighted by molar-refractivity contribution is 0.658. The largest absolute Gasteiger partial charge is 0.314 e. The molecule has 1 aliphatic rings. The SMILES string of the molecule is Cc1ccc(C2CNC(C)C2)cc1C. The van der Waals surface area contributed by atoms with Crippen molar-refractivity contribution < 1.29 is 0 Å². The quantitative estimate of drug-likeness (QED) is 0.716. The Hall–Kier alpha value is -0.820. The van der Waals surface area contributed by atoms with E-state index in [0.29, 0.717) is 6.04 Å². The minimum Gasteiger partial charge on any atom is -0.314 e. The fourth-order valence-electron chi connectivity index (χ4n) is 2.21. The van der Waals surface area contributed by atoms with E-state index >= 15 is 0 Å². The molecular weight excluding hydrogens is 170 g/mol. The van der Waals surface area contributed by atoms with Gasteiger partial charge in [0.25, 0.3) is 0 Å². The minimum atomic E-state index is 0.682. The van der Waals surface area contributed by atoms with Gasteiger partial charge in [0.15, 0.2) is 0 Å². The molecule has 1 saturated heterocycles. The van der Waals surface area contributed by atoms with Crippen molar-refractivity contribution in [3.05, 3.63) is 34.9 Å². The van der Waals surface area contributed by atoms with Gasteiger partial charge in [0.2, 0.25) is 0 Å². The Balaban J connectivity index is 2.20. The molecule has 1 N–H and O–H groups in total. The highest BCUT2D eigenvalue weighted by Crippen LogP contribution is 2.26. The highest BCUT2D eigenvalue weighted by molar-refractivity contribution is 5.32. The van der Waals surface area contributed by atoms with Crippen LogP contribution < -0.4 is 5.32 Å². The Kier molecular flexibility index (Phi) is 2.60. The van der Waals surface area contributed by atoms with Crippen LogP contribution in [-0.4, -0.2) is 12.6 Å². The van der Waals surface area contributed by atoms with Crippen molar-refractivity contribution in [1.82, 2.24) is 5.32 Å². The summed E-state index contributed by atoms with van der Waals surface area (Å²) < 4.78 is 0. The van der Waals surface area contributed by atoms with E-state index < -0.39 is 0 Å². The standard InChI is InChI=1S/C13H19N/c1-9-4-5-12(6-10(9)2)13-7-11(3)14-8-13/h4-6,11,13-14H,7-8H2,1-3H3. The van der Waals surface area contributed by atoms with Crippen LogP contribution in [0.1, 0.15) is 36.0 Å². The van der Waals surface area contributed by atoms with Crippen LogP contribution >= 0.6 is 0 Å². The maximum Gasteiger partial charge on any atom is 0.00452 e. The second-order valence-corrected chi connectivity index (χ2v) is 4.59. The Morgan fingerprint density at radius 3 is 2.57 bits per heavy atom. The molecule has 2 rings (SSSR count). The van der Waals surface area contributed by atoms with Crippen molar-refractivity contribution >= 4 is 0 Å². The molecule has 76 valence electrons. The molecule has 0 aromatic heterocycles. The first kappa shape index (κ1) is 9.72. The van der Waals surface area contributed by atoms with Crippen molar-refractivity contribution in [3.63, 3.8) is 0 Å². The van der Waals surface area contributed by atoms with Crippen molar-refractivity contribution in [3.8, 4) is 0 Å². The number of rotatable bonds is 1. The number of hydrogen-bond donors (Lipinski definition) is 1. The van der Waals surface area contributed by atoms with Crippen molar-refractivity contribution in [1.29, 1.82) is 0 Å². The van der Waals surface area contributed by atoms with Crippen LogP contribution in [0, 0.1) is 13.8 Å². The third-order valence-electron chi connectivity index (χ3n) is 3.35. The molecule has 2 unspecified atom stereocenters. The lowest BCUT2D eigenvalue weighted by Gasteiger charge is -2.11. The molecule has 1 nitrogen and oxygen atoms in total. The van der Waals surface area contributed by atoms with Crippen LogP contribution in [0.4, 0.5) is 0 Å². The number of nitrogens with one attached hydrogen (secondary N) is 1. The summed E-state index contributed by atoms with van der Waals surface area (Å²) >= 11 is 0. The summed E-state index contributed by atoms with van der Waals surface area (Å²) in [6.45, 7) is 7.78. The van der Waals surface area contributed by atoms with E-state index in [2.05, 4.69) is 44.3 Å². The van der Waals surface area contributed by atoms with Gasteiger partial charge in [-0.15, -0.1) is 0 Å². The predicted octanol–water partition coefficient (Wildman–Crippen LogP) is 2.77. The topological polar surface area (TPSA) is 12.0 Å². The van der Waals surface area contributed by atoms with E-state index in [0.717, 1.165) is 12.5 Å². The molecule has 1 fully saturated rings. The van der Waals surface area contributed by atoms with Crippen LogP contribution in [0.3, 0.4) is 0 Å². The predicted molar refractivity (Wildman–Crippen MR) is 60.7 cm³/mol. The maximum atomic E-state index is 3.50. The highest BCUT2D eigenvalue weighted by atomic mass is 14.9. The first-order valence-electron chi connectivity index (χ1n) is 5.47. The van der Waals surface area contributed by atoms with Gasteiger partial charge in [0, 0.05) is 12.6 Å². The van der Waals surface area contributed by atoms with E-state index in [1.165, 1.54) is 23.1 Å². The minimum absolute atomic E-state index is 0.682. The molecule has 1 heterocycles. The van der Waals surface area contributed by atoms with E-state index in [-0.39, 0.29) is 0 Å². The monoisotopic (exact) mass is 189 g/mol. The summed E-state index contributed by atoms with van der Waals surface area (Å²) in [4.78, 5) is 0. The molecule has 0 spiro atoms. The molecule has 0 amide bonds. The molecule has 1 aromatic carbocycles. The first-order valence-corrected chi connectivity index (χ1v) is 5.47. The third-order valence-corrected chi connectivity index (χ3v) is 3.35. The van der Waals surface area contributed by atoms with Gasteiger partial charge in [-0.05, 0) is 49.8 Å². The van der Waals surface area contributed by atoms with E-state index in [4.69, 9.17) is 0 Å². The Labute approximate surface area is 86.5 Å². The summed E-state index contributed by atoms with van der Waals surface area (Å²) in [5.74, 6) is 0.726. The Morgan fingerprint density at radius 2 is 2.00 bits per heavy atom. The Bertz CT molecular complexity index is 330. The van der Waals surface area contributed by atoms with Crippen molar-refractivity contribution in [2.75, 3.05) is 6.54 Å². The smallest absolute Gasteiger partial charge is 0.00452 e. The lowest BCUT2D eigenvalue weighted by atomic mass is 9.94. The molecule has 1 aromatic rings. The first-order chi connectivity index (χ1) is 6.66. The van der Waals surface area contributed by atoms with Gasteiger partial charge in [-0.2, -0.15) is 0 Å². The van der Waals surface area contributed by atoms with Crippen LogP contribution in [0.2, 0.25) is 0 Å². The summed E-state index contributed by atoms with van der Waals surface area (Å²) in [6.07, 6.45) is 1.28. The highest BCUT2D eigenvalue weighted by Gasteiger charge is 2.21. The molecule has 2 atom stereocenters. The lowest BCUT2D eigenvalue weighted by Crippen LogP contribution is -2.16. The van der Waals surface area contributed by atoms with E-state index in [1.807, 2.05) is 0 Å². The fourth-order valence-corrected chi connectivity index (χ4v) is 2.21. The molecule has 0 aliphatic carbocycles. The average Bonchev–Trinajstić information content (AvgIpc) is 2.57. The molecular formula is C13H19N. The van der Waals surface area contributed by atoms with Crippen LogP contribution in [0.15, 0.2) is 18.2 Å². The zero-order valence-electron chi connectivity index (χ0n) is 9.30. The summed E-state index contributed by atoms with van der Waals surface area (Å²) in [5, 5.41) is 3.50. The van der Waals surface area contributed by atoms with Gasteiger partial charge in [-0.3, -0.25) is 0 Å². The molecule has 14 heavy (non-hydrogen) atoms. The number of hydrogen-bond acceptors (Lipinski definition) is 1. The van der Waals surface area contributed by atoms with Crippen LogP contribution in [0.25, 0.3) is 0 Å². The third kappa shape index (κ3) is 1.83. The zero-order chi connectivity index (χ0) is 10.1. The Morgan fingerprint density at radius 1 is 1.21 bits per heavy atom. The maximum absolute atomic E-state index is 3.50. The molecule has 1 aliphatic heterocycles. The summed E-state index contributed by atoms with van der Waals surface area (Å²) in [6, 6.07) is 7.56. The van der Waals surface area contributed by atoms with Gasteiger partial charge in [-0.25, -0.2) is 0 Å². The van der Waals surface area contributed by atoms with Gasteiger partial charge < -0.3 is 5.32 Å². The van der Waals surface area contributed by atoms with E-state index in [9.17, 15) is 0 Å². The van der Waals surface area contributed by atoms with Crippen molar-refractivity contribution in [2.45, 2.75) is 39.2 Å². The molecule has 0 saturated carbocycles. The van der Waals surface area contributed by atoms with Gasteiger partial charge in [-0.1, -0.05) is 18.2 Å². The zero-order valence-corrected chi connectivity index (χ0v) is 9.30. The number of benzene rings is 1. The van der Waals surface area contributed by atoms with Gasteiger partial charge in [0.05, 0.1) is 0 Å². The second-order valence-electron chi connectivity index (χ2n) is 4.59. The van der Waals surface area contributed by atoms with Gasteiger partial charge >= 0.3 is 0 Å². The summed E-state index contributed by atoms with van der Waals surface area (Å²) in [7, 11) is 0. The molecule has 1 heteroatoms. The van der Waals surface area contributed by atoms with Crippen LogP contribution in [0.5, 0.6) is 0 Å². The summed E-state index contributed by atoms with van der Waals surface area (Å²) in [5.41, 5.74) is 4.32.